The molecular weight excluding hydrogens is 440 g/mol. The molecule has 5 aromatic rings. The Morgan fingerprint density at radius 3 is 2.51 bits per heavy atom. The van der Waals surface area contributed by atoms with Crippen LogP contribution in [0.1, 0.15) is 41.4 Å². The van der Waals surface area contributed by atoms with E-state index >= 15 is 0 Å². The third kappa shape index (κ3) is 4.45. The van der Waals surface area contributed by atoms with Gasteiger partial charge in [0.15, 0.2) is 0 Å². The SMILES string of the molecule is Cc1noc(C)c1-c1cnc2c(-c3ccc(C(=O)OC(C)C)cc3)cn(Cc3ccccn3)c2c1. The number of carbonyl (C=O) groups excluding carboxylic acids is 1. The Morgan fingerprint density at radius 2 is 1.86 bits per heavy atom. The minimum atomic E-state index is -0.327. The number of pyridine rings is 2. The molecule has 4 heterocycles. The summed E-state index contributed by atoms with van der Waals surface area (Å²) in [6.07, 6.45) is 5.58. The summed E-state index contributed by atoms with van der Waals surface area (Å²) in [5.41, 5.74) is 8.00. The van der Waals surface area contributed by atoms with E-state index in [0.29, 0.717) is 12.1 Å². The van der Waals surface area contributed by atoms with Crippen molar-refractivity contribution in [2.24, 2.45) is 0 Å². The van der Waals surface area contributed by atoms with E-state index in [1.807, 2.05) is 64.2 Å². The number of benzene rings is 1. The lowest BCUT2D eigenvalue weighted by atomic mass is 10.0. The zero-order valence-corrected chi connectivity index (χ0v) is 20.1. The predicted octanol–water partition coefficient (Wildman–Crippen LogP) is 5.98. The molecule has 35 heavy (non-hydrogen) atoms. The molecule has 5 rings (SSSR count). The van der Waals surface area contributed by atoms with Crippen LogP contribution < -0.4 is 0 Å². The van der Waals surface area contributed by atoms with E-state index in [1.54, 1.807) is 18.3 Å². The number of ether oxygens (including phenoxy) is 1. The highest BCUT2D eigenvalue weighted by Crippen LogP contribution is 2.34. The fourth-order valence-electron chi connectivity index (χ4n) is 4.27. The van der Waals surface area contributed by atoms with Crippen molar-refractivity contribution in [3.8, 4) is 22.3 Å². The minimum absolute atomic E-state index is 0.164. The van der Waals surface area contributed by atoms with Crippen LogP contribution in [0.15, 0.2) is 71.6 Å². The van der Waals surface area contributed by atoms with Crippen molar-refractivity contribution in [3.63, 3.8) is 0 Å². The van der Waals surface area contributed by atoms with Crippen molar-refractivity contribution >= 4 is 17.0 Å². The summed E-state index contributed by atoms with van der Waals surface area (Å²) >= 11 is 0. The normalized spacial score (nSPS) is 11.3. The van der Waals surface area contributed by atoms with Crippen molar-refractivity contribution in [2.45, 2.75) is 40.3 Å². The second-order valence-electron chi connectivity index (χ2n) is 8.81. The number of nitrogens with zero attached hydrogens (tertiary/aromatic N) is 4. The van der Waals surface area contributed by atoms with Gasteiger partial charge in [-0.1, -0.05) is 23.4 Å². The smallest absolute Gasteiger partial charge is 0.338 e. The second-order valence-corrected chi connectivity index (χ2v) is 8.81. The highest BCUT2D eigenvalue weighted by molar-refractivity contribution is 5.96. The lowest BCUT2D eigenvalue weighted by molar-refractivity contribution is 0.0378. The number of rotatable bonds is 6. The van der Waals surface area contributed by atoms with Crippen LogP contribution in [0, 0.1) is 13.8 Å². The van der Waals surface area contributed by atoms with Crippen LogP contribution in [-0.2, 0) is 11.3 Å². The van der Waals surface area contributed by atoms with Crippen molar-refractivity contribution < 1.29 is 14.1 Å². The molecule has 4 aromatic heterocycles. The first-order valence-corrected chi connectivity index (χ1v) is 11.5. The molecule has 0 N–H and O–H groups in total. The van der Waals surface area contributed by atoms with Gasteiger partial charge < -0.3 is 13.8 Å². The number of hydrogen-bond donors (Lipinski definition) is 0. The van der Waals surface area contributed by atoms with Crippen LogP contribution in [0.2, 0.25) is 0 Å². The lowest BCUT2D eigenvalue weighted by Crippen LogP contribution is -2.11. The van der Waals surface area contributed by atoms with E-state index in [-0.39, 0.29) is 12.1 Å². The molecular formula is C28H26N4O3. The van der Waals surface area contributed by atoms with Crippen LogP contribution in [0.5, 0.6) is 0 Å². The molecule has 0 fully saturated rings. The van der Waals surface area contributed by atoms with Gasteiger partial charge in [-0.05, 0) is 63.6 Å². The summed E-state index contributed by atoms with van der Waals surface area (Å²) in [6.45, 7) is 8.11. The van der Waals surface area contributed by atoms with Crippen LogP contribution in [-0.4, -0.2) is 31.8 Å². The third-order valence-electron chi connectivity index (χ3n) is 5.87. The number of carbonyl (C=O) groups is 1. The van der Waals surface area contributed by atoms with Crippen molar-refractivity contribution in [1.29, 1.82) is 0 Å². The number of esters is 1. The number of fused-ring (bicyclic) bond motifs is 1. The van der Waals surface area contributed by atoms with Crippen molar-refractivity contribution in [2.75, 3.05) is 0 Å². The van der Waals surface area contributed by atoms with E-state index < -0.39 is 0 Å². The highest BCUT2D eigenvalue weighted by Gasteiger charge is 2.18. The second kappa shape index (κ2) is 9.18. The molecule has 1 aromatic carbocycles. The van der Waals surface area contributed by atoms with E-state index in [2.05, 4.69) is 27.0 Å². The monoisotopic (exact) mass is 466 g/mol. The average Bonchev–Trinajstić information content (AvgIpc) is 3.38. The molecule has 0 bridgehead atoms. The van der Waals surface area contributed by atoms with Crippen LogP contribution >= 0.6 is 0 Å². The highest BCUT2D eigenvalue weighted by atomic mass is 16.5. The van der Waals surface area contributed by atoms with E-state index in [9.17, 15) is 4.79 Å². The van der Waals surface area contributed by atoms with Crippen LogP contribution in [0.4, 0.5) is 0 Å². The maximum absolute atomic E-state index is 12.3. The Morgan fingerprint density at radius 1 is 1.06 bits per heavy atom. The van der Waals surface area contributed by atoms with Gasteiger partial charge in [0.05, 0.1) is 40.6 Å². The lowest BCUT2D eigenvalue weighted by Gasteiger charge is -2.08. The van der Waals surface area contributed by atoms with Gasteiger partial charge in [-0.25, -0.2) is 4.79 Å². The van der Waals surface area contributed by atoms with Gasteiger partial charge >= 0.3 is 5.97 Å². The van der Waals surface area contributed by atoms with Crippen LogP contribution in [0.25, 0.3) is 33.3 Å². The molecule has 0 radical (unpaired) electrons. The molecule has 0 aliphatic carbocycles. The topological polar surface area (TPSA) is 83.0 Å². The van der Waals surface area contributed by atoms with Gasteiger partial charge in [-0.3, -0.25) is 9.97 Å². The molecule has 0 unspecified atom stereocenters. The molecule has 0 atom stereocenters. The largest absolute Gasteiger partial charge is 0.459 e. The first-order chi connectivity index (χ1) is 16.9. The molecule has 176 valence electrons. The molecule has 0 saturated carbocycles. The van der Waals surface area contributed by atoms with Crippen molar-refractivity contribution in [1.82, 2.24) is 19.7 Å². The van der Waals surface area contributed by atoms with E-state index in [0.717, 1.165) is 50.4 Å². The molecule has 7 heteroatoms. The first-order valence-electron chi connectivity index (χ1n) is 11.5. The molecule has 0 aliphatic heterocycles. The fourth-order valence-corrected chi connectivity index (χ4v) is 4.27. The third-order valence-corrected chi connectivity index (χ3v) is 5.87. The van der Waals surface area contributed by atoms with E-state index in [4.69, 9.17) is 14.2 Å². The number of hydrogen-bond acceptors (Lipinski definition) is 6. The Hall–Kier alpha value is -4.26. The zero-order valence-electron chi connectivity index (χ0n) is 20.1. The van der Waals surface area contributed by atoms with Crippen LogP contribution in [0.3, 0.4) is 0 Å². The Balaban J connectivity index is 1.61. The van der Waals surface area contributed by atoms with Gasteiger partial charge in [0.25, 0.3) is 0 Å². The molecule has 0 amide bonds. The van der Waals surface area contributed by atoms with Gasteiger partial charge in [-0.15, -0.1) is 0 Å². The number of aryl methyl sites for hydroxylation is 2. The fraction of sp³-hybridized carbons (Fsp3) is 0.214. The molecule has 0 saturated heterocycles. The number of aromatic nitrogens is 4. The first kappa shape index (κ1) is 22.5. The van der Waals surface area contributed by atoms with Crippen molar-refractivity contribution in [3.05, 3.63) is 89.8 Å². The molecule has 0 aliphatic rings. The van der Waals surface area contributed by atoms with Gasteiger partial charge in [0.2, 0.25) is 0 Å². The van der Waals surface area contributed by atoms with Gasteiger partial charge in [0, 0.05) is 35.3 Å². The standard InChI is InChI=1S/C28H26N4O3/c1-17(2)34-28(33)21-10-8-20(9-11-21)24-16-32(15-23-7-5-6-12-29-23)25-13-22(14-30-27(24)25)26-18(3)31-35-19(26)4/h5-14,16-17H,15H2,1-4H3. The summed E-state index contributed by atoms with van der Waals surface area (Å²) in [7, 11) is 0. The Labute approximate surface area is 203 Å². The summed E-state index contributed by atoms with van der Waals surface area (Å²) < 4.78 is 12.9. The molecule has 7 nitrogen and oxygen atoms in total. The average molecular weight is 467 g/mol. The Bertz CT molecular complexity index is 1480. The van der Waals surface area contributed by atoms with E-state index in [1.165, 1.54) is 0 Å². The summed E-state index contributed by atoms with van der Waals surface area (Å²) in [5, 5.41) is 4.10. The maximum Gasteiger partial charge on any atom is 0.338 e. The summed E-state index contributed by atoms with van der Waals surface area (Å²) in [5.74, 6) is 0.432. The Kier molecular flexibility index (Phi) is 5.91. The quantitative estimate of drug-likeness (QED) is 0.286. The zero-order chi connectivity index (χ0) is 24.5. The summed E-state index contributed by atoms with van der Waals surface area (Å²) in [6, 6.07) is 15.5. The van der Waals surface area contributed by atoms with Gasteiger partial charge in [0.1, 0.15) is 5.76 Å². The predicted molar refractivity (Wildman–Crippen MR) is 134 cm³/mol. The minimum Gasteiger partial charge on any atom is -0.459 e. The summed E-state index contributed by atoms with van der Waals surface area (Å²) in [4.78, 5) is 21.6. The van der Waals surface area contributed by atoms with Gasteiger partial charge in [-0.2, -0.15) is 0 Å². The maximum atomic E-state index is 12.3. The molecule has 0 spiro atoms.